The maximum atomic E-state index is 4.54. The van der Waals surface area contributed by atoms with Crippen LogP contribution in [0.15, 0.2) is 12.5 Å². The quantitative estimate of drug-likeness (QED) is 0.809. The second kappa shape index (κ2) is 4.16. The Morgan fingerprint density at radius 3 is 3.21 bits per heavy atom. The Kier molecular flexibility index (Phi) is 2.44. The number of piperidine rings is 1. The van der Waals surface area contributed by atoms with E-state index in [1.807, 2.05) is 17.9 Å². The van der Waals surface area contributed by atoms with E-state index < -0.39 is 0 Å². The molecule has 4 heterocycles. The maximum Gasteiger partial charge on any atom is 0.163 e. The van der Waals surface area contributed by atoms with Crippen molar-refractivity contribution in [2.45, 2.75) is 18.9 Å². The van der Waals surface area contributed by atoms with Crippen LogP contribution in [0.3, 0.4) is 0 Å². The molecule has 100 valence electrons. The molecule has 0 aliphatic carbocycles. The van der Waals surface area contributed by atoms with Gasteiger partial charge in [-0.1, -0.05) is 0 Å². The molecule has 19 heavy (non-hydrogen) atoms. The number of aromatic nitrogens is 4. The van der Waals surface area contributed by atoms with E-state index in [9.17, 15) is 0 Å². The summed E-state index contributed by atoms with van der Waals surface area (Å²) in [5, 5.41) is 8.89. The van der Waals surface area contributed by atoms with Crippen LogP contribution in [0.25, 0.3) is 11.0 Å². The molecule has 2 atom stereocenters. The molecule has 0 saturated carbocycles. The van der Waals surface area contributed by atoms with Crippen molar-refractivity contribution >= 4 is 16.9 Å². The lowest BCUT2D eigenvalue weighted by Gasteiger charge is -2.38. The highest BCUT2D eigenvalue weighted by Gasteiger charge is 2.36. The number of nitrogens with one attached hydrogen (secondary N) is 1. The standard InChI is InChI=1S/C13H18N6/c1-18-12-10(6-17-18)13(16-8-15-12)19-4-2-3-9-5-14-7-11(9)19/h6,8-9,11,14H,2-5,7H2,1H3. The molecule has 1 N–H and O–H groups in total. The zero-order valence-electron chi connectivity index (χ0n) is 11.1. The van der Waals surface area contributed by atoms with Crippen LogP contribution < -0.4 is 10.2 Å². The van der Waals surface area contributed by atoms with Crippen LogP contribution in [0, 0.1) is 5.92 Å². The molecule has 0 radical (unpaired) electrons. The predicted octanol–water partition coefficient (Wildman–Crippen LogP) is 0.551. The van der Waals surface area contributed by atoms with E-state index in [-0.39, 0.29) is 0 Å². The molecule has 2 aromatic heterocycles. The Morgan fingerprint density at radius 2 is 2.26 bits per heavy atom. The van der Waals surface area contributed by atoms with E-state index in [4.69, 9.17) is 0 Å². The zero-order valence-corrected chi connectivity index (χ0v) is 11.1. The highest BCUT2D eigenvalue weighted by atomic mass is 15.3. The lowest BCUT2D eigenvalue weighted by Crippen LogP contribution is -2.45. The van der Waals surface area contributed by atoms with Crippen LogP contribution in [0.2, 0.25) is 0 Å². The maximum absolute atomic E-state index is 4.54. The van der Waals surface area contributed by atoms with Gasteiger partial charge >= 0.3 is 0 Å². The molecular weight excluding hydrogens is 240 g/mol. The first-order valence-corrected chi connectivity index (χ1v) is 6.94. The first-order valence-electron chi connectivity index (χ1n) is 6.94. The average molecular weight is 258 g/mol. The highest BCUT2D eigenvalue weighted by Crippen LogP contribution is 2.32. The second-order valence-electron chi connectivity index (χ2n) is 5.52. The smallest absolute Gasteiger partial charge is 0.163 e. The van der Waals surface area contributed by atoms with E-state index in [0.29, 0.717) is 6.04 Å². The van der Waals surface area contributed by atoms with Crippen LogP contribution >= 0.6 is 0 Å². The number of rotatable bonds is 1. The van der Waals surface area contributed by atoms with Crippen molar-refractivity contribution in [2.24, 2.45) is 13.0 Å². The van der Waals surface area contributed by atoms with Gasteiger partial charge in [-0.3, -0.25) is 4.68 Å². The summed E-state index contributed by atoms with van der Waals surface area (Å²) in [4.78, 5) is 11.3. The predicted molar refractivity (Wildman–Crippen MR) is 73.0 cm³/mol. The Hall–Kier alpha value is -1.69. The number of nitrogens with zero attached hydrogens (tertiary/aromatic N) is 5. The summed E-state index contributed by atoms with van der Waals surface area (Å²) >= 11 is 0. The average Bonchev–Trinajstić information content (AvgIpc) is 3.05. The summed E-state index contributed by atoms with van der Waals surface area (Å²) in [7, 11) is 1.93. The van der Waals surface area contributed by atoms with Gasteiger partial charge in [-0.05, 0) is 18.8 Å². The molecule has 0 bridgehead atoms. The zero-order chi connectivity index (χ0) is 12.8. The number of hydrogen-bond donors (Lipinski definition) is 1. The van der Waals surface area contributed by atoms with E-state index in [0.717, 1.165) is 42.4 Å². The van der Waals surface area contributed by atoms with Gasteiger partial charge in [-0.25, -0.2) is 9.97 Å². The fourth-order valence-corrected chi connectivity index (χ4v) is 3.51. The molecule has 0 amide bonds. The van der Waals surface area contributed by atoms with Gasteiger partial charge in [0.2, 0.25) is 0 Å². The molecule has 6 nitrogen and oxygen atoms in total. The topological polar surface area (TPSA) is 58.9 Å². The van der Waals surface area contributed by atoms with Crippen LogP contribution in [0.5, 0.6) is 0 Å². The minimum atomic E-state index is 0.576. The van der Waals surface area contributed by atoms with Gasteiger partial charge in [0.25, 0.3) is 0 Å². The summed E-state index contributed by atoms with van der Waals surface area (Å²) in [6.45, 7) is 3.29. The number of aryl methyl sites for hydroxylation is 1. The van der Waals surface area contributed by atoms with Gasteiger partial charge in [0.15, 0.2) is 5.65 Å². The Morgan fingerprint density at radius 1 is 1.32 bits per heavy atom. The number of anilines is 1. The van der Waals surface area contributed by atoms with Crippen LogP contribution in [0.1, 0.15) is 12.8 Å². The molecular formula is C13H18N6. The van der Waals surface area contributed by atoms with E-state index in [1.54, 1.807) is 6.33 Å². The second-order valence-corrected chi connectivity index (χ2v) is 5.52. The van der Waals surface area contributed by atoms with Crippen LogP contribution in [-0.2, 0) is 7.05 Å². The van der Waals surface area contributed by atoms with Gasteiger partial charge in [0.1, 0.15) is 12.1 Å². The van der Waals surface area contributed by atoms with Gasteiger partial charge in [-0.2, -0.15) is 5.10 Å². The third-order valence-corrected chi connectivity index (χ3v) is 4.46. The number of fused-ring (bicyclic) bond motifs is 2. The van der Waals surface area contributed by atoms with Crippen molar-refractivity contribution in [1.82, 2.24) is 25.1 Å². The third-order valence-electron chi connectivity index (χ3n) is 4.46. The van der Waals surface area contributed by atoms with Crippen molar-refractivity contribution in [3.8, 4) is 0 Å². The van der Waals surface area contributed by atoms with Gasteiger partial charge < -0.3 is 10.2 Å². The monoisotopic (exact) mass is 258 g/mol. The molecule has 6 heteroatoms. The summed E-state index contributed by atoms with van der Waals surface area (Å²) < 4.78 is 1.81. The van der Waals surface area contributed by atoms with Gasteiger partial charge in [0, 0.05) is 32.7 Å². The van der Waals surface area contributed by atoms with Gasteiger partial charge in [-0.15, -0.1) is 0 Å². The molecule has 0 spiro atoms. The van der Waals surface area contributed by atoms with Crippen molar-refractivity contribution in [3.05, 3.63) is 12.5 Å². The molecule has 2 aromatic rings. The number of hydrogen-bond acceptors (Lipinski definition) is 5. The fourth-order valence-electron chi connectivity index (χ4n) is 3.51. The SMILES string of the molecule is Cn1ncc2c(N3CCCC4CNCC43)ncnc21. The summed E-state index contributed by atoms with van der Waals surface area (Å²) in [5.74, 6) is 1.81. The van der Waals surface area contributed by atoms with E-state index in [2.05, 4.69) is 25.3 Å². The van der Waals surface area contributed by atoms with Crippen LogP contribution in [-0.4, -0.2) is 45.4 Å². The molecule has 2 aliphatic rings. The molecule has 4 rings (SSSR count). The molecule has 2 saturated heterocycles. The lowest BCUT2D eigenvalue weighted by molar-refractivity contribution is 0.384. The highest BCUT2D eigenvalue weighted by molar-refractivity contribution is 5.86. The van der Waals surface area contributed by atoms with Crippen molar-refractivity contribution in [2.75, 3.05) is 24.5 Å². The Bertz CT molecular complexity index is 606. The van der Waals surface area contributed by atoms with Crippen molar-refractivity contribution in [3.63, 3.8) is 0 Å². The van der Waals surface area contributed by atoms with Crippen LogP contribution in [0.4, 0.5) is 5.82 Å². The molecule has 2 unspecified atom stereocenters. The Balaban J connectivity index is 1.81. The normalized spacial score (nSPS) is 26.9. The molecule has 2 fully saturated rings. The van der Waals surface area contributed by atoms with E-state index in [1.165, 1.54) is 12.8 Å². The van der Waals surface area contributed by atoms with E-state index >= 15 is 0 Å². The summed E-state index contributed by atoms with van der Waals surface area (Å²) in [6.07, 6.45) is 6.12. The lowest BCUT2D eigenvalue weighted by atomic mass is 9.92. The summed E-state index contributed by atoms with van der Waals surface area (Å²) in [5.41, 5.74) is 0.915. The first-order chi connectivity index (χ1) is 9.34. The third kappa shape index (κ3) is 1.63. The minimum Gasteiger partial charge on any atom is -0.351 e. The fraction of sp³-hybridized carbons (Fsp3) is 0.615. The summed E-state index contributed by atoms with van der Waals surface area (Å²) in [6, 6.07) is 0.576. The Labute approximate surface area is 111 Å². The van der Waals surface area contributed by atoms with Crippen molar-refractivity contribution in [1.29, 1.82) is 0 Å². The minimum absolute atomic E-state index is 0.576. The van der Waals surface area contributed by atoms with Crippen molar-refractivity contribution < 1.29 is 0 Å². The largest absolute Gasteiger partial charge is 0.351 e. The molecule has 0 aromatic carbocycles. The molecule has 2 aliphatic heterocycles. The van der Waals surface area contributed by atoms with Gasteiger partial charge in [0.05, 0.1) is 11.6 Å². The first kappa shape index (κ1) is 11.2.